The van der Waals surface area contributed by atoms with Crippen LogP contribution in [-0.2, 0) is 0 Å². The molecule has 3 aromatic carbocycles. The van der Waals surface area contributed by atoms with Crippen molar-refractivity contribution in [2.24, 2.45) is 0 Å². The highest BCUT2D eigenvalue weighted by atomic mass is 79.9. The van der Waals surface area contributed by atoms with Crippen LogP contribution in [-0.4, -0.2) is 4.92 Å². The van der Waals surface area contributed by atoms with Gasteiger partial charge in [-0.05, 0) is 60.4 Å². The molecule has 1 aliphatic rings. The molecular weight excluding hydrogens is 423 g/mol. The first kappa shape index (κ1) is 18.6. The second-order valence-electron chi connectivity index (χ2n) is 6.89. The average molecular weight is 441 g/mol. The van der Waals surface area contributed by atoms with Crippen LogP contribution in [0.3, 0.4) is 0 Å². The van der Waals surface area contributed by atoms with E-state index >= 15 is 0 Å². The van der Waals surface area contributed by atoms with E-state index in [9.17, 15) is 14.5 Å². The van der Waals surface area contributed by atoms with Crippen LogP contribution in [0.15, 0.2) is 77.3 Å². The molecule has 28 heavy (non-hydrogen) atoms. The van der Waals surface area contributed by atoms with Gasteiger partial charge in [0.05, 0.1) is 17.0 Å². The van der Waals surface area contributed by atoms with Crippen molar-refractivity contribution < 1.29 is 9.31 Å². The van der Waals surface area contributed by atoms with Gasteiger partial charge in [0, 0.05) is 22.3 Å². The quantitative estimate of drug-likeness (QED) is 0.340. The summed E-state index contributed by atoms with van der Waals surface area (Å²) < 4.78 is 14.5. The Bertz CT molecular complexity index is 975. The minimum Gasteiger partial charge on any atom is -0.357 e. The molecule has 0 N–H and O–H groups in total. The molecule has 142 valence electrons. The summed E-state index contributed by atoms with van der Waals surface area (Å²) in [6, 6.07) is 21.7. The summed E-state index contributed by atoms with van der Waals surface area (Å²) in [6.45, 7) is 0. The van der Waals surface area contributed by atoms with Gasteiger partial charge >= 0.3 is 0 Å². The second-order valence-corrected chi connectivity index (χ2v) is 7.81. The molecule has 0 aliphatic carbocycles. The van der Waals surface area contributed by atoms with Crippen LogP contribution in [0.5, 0.6) is 0 Å². The zero-order valence-electron chi connectivity index (χ0n) is 15.0. The Hall–Kier alpha value is -2.73. The molecule has 4 rings (SSSR count). The lowest BCUT2D eigenvalue weighted by atomic mass is 10.0. The zero-order chi connectivity index (χ0) is 19.7. The molecule has 1 saturated heterocycles. The SMILES string of the molecule is O=[N+]([O-])c1ccc(C2CCC(c3ccc(Br)cc3)N2c2ccc(F)cc2)cc1. The number of nitro groups is 1. The predicted octanol–water partition coefficient (Wildman–Crippen LogP) is 6.58. The van der Waals surface area contributed by atoms with E-state index in [4.69, 9.17) is 0 Å². The molecule has 6 heteroatoms. The summed E-state index contributed by atoms with van der Waals surface area (Å²) in [5.74, 6) is -0.268. The van der Waals surface area contributed by atoms with Gasteiger partial charge in [-0.1, -0.05) is 40.2 Å². The van der Waals surface area contributed by atoms with Crippen molar-refractivity contribution in [1.29, 1.82) is 0 Å². The highest BCUT2D eigenvalue weighted by molar-refractivity contribution is 9.10. The van der Waals surface area contributed by atoms with Gasteiger partial charge in [0.25, 0.3) is 5.69 Å². The molecule has 0 amide bonds. The van der Waals surface area contributed by atoms with Crippen molar-refractivity contribution >= 4 is 27.3 Å². The third kappa shape index (κ3) is 3.64. The van der Waals surface area contributed by atoms with E-state index in [0.717, 1.165) is 28.6 Å². The first-order valence-electron chi connectivity index (χ1n) is 9.06. The molecule has 0 aromatic heterocycles. The van der Waals surface area contributed by atoms with Gasteiger partial charge < -0.3 is 4.90 Å². The molecule has 0 spiro atoms. The summed E-state index contributed by atoms with van der Waals surface area (Å²) in [6.07, 6.45) is 1.86. The Morgan fingerprint density at radius 2 is 1.36 bits per heavy atom. The van der Waals surface area contributed by atoms with E-state index in [1.165, 1.54) is 17.7 Å². The number of halogens is 2. The number of hydrogen-bond acceptors (Lipinski definition) is 3. The topological polar surface area (TPSA) is 46.4 Å². The zero-order valence-corrected chi connectivity index (χ0v) is 16.5. The fraction of sp³-hybridized carbons (Fsp3) is 0.182. The maximum atomic E-state index is 13.5. The standard InChI is InChI=1S/C22H18BrFN2O2/c23-17-5-1-15(2-6-17)21-13-14-22(16-3-9-20(10-4-16)26(27)28)25(21)19-11-7-18(24)8-12-19/h1-12,21-22H,13-14H2. The fourth-order valence-electron chi connectivity index (χ4n) is 3.94. The Kier molecular flexibility index (Phi) is 5.13. The Morgan fingerprint density at radius 3 is 1.86 bits per heavy atom. The van der Waals surface area contributed by atoms with Crippen LogP contribution in [0.25, 0.3) is 0 Å². The fourth-order valence-corrected chi connectivity index (χ4v) is 4.21. The number of anilines is 1. The summed E-state index contributed by atoms with van der Waals surface area (Å²) in [4.78, 5) is 12.9. The monoisotopic (exact) mass is 440 g/mol. The number of rotatable bonds is 4. The van der Waals surface area contributed by atoms with Gasteiger partial charge in [0.15, 0.2) is 0 Å². The molecule has 2 unspecified atom stereocenters. The van der Waals surface area contributed by atoms with Crippen molar-refractivity contribution in [3.8, 4) is 0 Å². The predicted molar refractivity (Wildman–Crippen MR) is 111 cm³/mol. The number of benzene rings is 3. The Balaban J connectivity index is 1.73. The summed E-state index contributed by atoms with van der Waals surface area (Å²) in [5, 5.41) is 11.0. The maximum absolute atomic E-state index is 13.5. The molecule has 4 nitrogen and oxygen atoms in total. The number of nitro benzene ring substituents is 1. The number of non-ortho nitro benzene ring substituents is 1. The molecule has 1 fully saturated rings. The Labute approximate surface area is 170 Å². The van der Waals surface area contributed by atoms with Crippen molar-refractivity contribution in [1.82, 2.24) is 0 Å². The second kappa shape index (κ2) is 7.72. The molecule has 0 saturated carbocycles. The highest BCUT2D eigenvalue weighted by Gasteiger charge is 2.35. The third-order valence-corrected chi connectivity index (χ3v) is 5.78. The van der Waals surface area contributed by atoms with E-state index in [1.807, 2.05) is 24.3 Å². The van der Waals surface area contributed by atoms with Gasteiger partial charge in [-0.15, -0.1) is 0 Å². The maximum Gasteiger partial charge on any atom is 0.269 e. The summed E-state index contributed by atoms with van der Waals surface area (Å²) in [7, 11) is 0. The van der Waals surface area contributed by atoms with Crippen LogP contribution in [0, 0.1) is 15.9 Å². The van der Waals surface area contributed by atoms with Crippen molar-refractivity contribution in [2.75, 3.05) is 4.90 Å². The summed E-state index contributed by atoms with van der Waals surface area (Å²) >= 11 is 3.48. The van der Waals surface area contributed by atoms with Gasteiger partial charge in [0.1, 0.15) is 5.82 Å². The smallest absolute Gasteiger partial charge is 0.269 e. The normalized spacial score (nSPS) is 19.0. The van der Waals surface area contributed by atoms with E-state index in [2.05, 4.69) is 33.0 Å². The molecule has 0 radical (unpaired) electrons. The van der Waals surface area contributed by atoms with Gasteiger partial charge in [0.2, 0.25) is 0 Å². The molecular formula is C22H18BrFN2O2. The van der Waals surface area contributed by atoms with Gasteiger partial charge in [-0.25, -0.2) is 4.39 Å². The first-order chi connectivity index (χ1) is 13.5. The third-order valence-electron chi connectivity index (χ3n) is 5.25. The molecule has 0 bridgehead atoms. The lowest BCUT2D eigenvalue weighted by Gasteiger charge is -2.33. The van der Waals surface area contributed by atoms with E-state index in [-0.39, 0.29) is 28.5 Å². The lowest BCUT2D eigenvalue weighted by molar-refractivity contribution is -0.384. The summed E-state index contributed by atoms with van der Waals surface area (Å²) in [5.41, 5.74) is 3.24. The minimum absolute atomic E-state index is 0.0694. The van der Waals surface area contributed by atoms with Crippen LogP contribution in [0.4, 0.5) is 15.8 Å². The van der Waals surface area contributed by atoms with Crippen LogP contribution >= 0.6 is 15.9 Å². The Morgan fingerprint density at radius 1 is 0.857 bits per heavy atom. The highest BCUT2D eigenvalue weighted by Crippen LogP contribution is 2.47. The number of nitrogens with zero attached hydrogens (tertiary/aromatic N) is 2. The van der Waals surface area contributed by atoms with E-state index in [0.29, 0.717) is 0 Å². The first-order valence-corrected chi connectivity index (χ1v) is 9.86. The molecule has 2 atom stereocenters. The molecule has 1 aliphatic heterocycles. The van der Waals surface area contributed by atoms with Crippen molar-refractivity contribution in [2.45, 2.75) is 24.9 Å². The van der Waals surface area contributed by atoms with Crippen molar-refractivity contribution in [3.63, 3.8) is 0 Å². The largest absolute Gasteiger partial charge is 0.357 e. The van der Waals surface area contributed by atoms with E-state index in [1.54, 1.807) is 24.3 Å². The average Bonchev–Trinajstić information content (AvgIpc) is 3.14. The molecule has 1 heterocycles. The van der Waals surface area contributed by atoms with Crippen LogP contribution < -0.4 is 4.90 Å². The van der Waals surface area contributed by atoms with Crippen molar-refractivity contribution in [3.05, 3.63) is 104 Å². The molecule has 3 aromatic rings. The lowest BCUT2D eigenvalue weighted by Crippen LogP contribution is -2.26. The van der Waals surface area contributed by atoms with Gasteiger partial charge in [-0.3, -0.25) is 10.1 Å². The number of hydrogen-bond donors (Lipinski definition) is 0. The minimum atomic E-state index is -0.388. The van der Waals surface area contributed by atoms with Gasteiger partial charge in [-0.2, -0.15) is 0 Å². The van der Waals surface area contributed by atoms with Crippen LogP contribution in [0.1, 0.15) is 36.1 Å². The van der Waals surface area contributed by atoms with E-state index < -0.39 is 0 Å². The van der Waals surface area contributed by atoms with Crippen LogP contribution in [0.2, 0.25) is 0 Å².